The van der Waals surface area contributed by atoms with Crippen molar-refractivity contribution < 1.29 is 0 Å². The van der Waals surface area contributed by atoms with Crippen LogP contribution in [0, 0.1) is 0 Å². The van der Waals surface area contributed by atoms with Gasteiger partial charge in [0.2, 0.25) is 0 Å². The van der Waals surface area contributed by atoms with Gasteiger partial charge in [0.15, 0.2) is 0 Å². The van der Waals surface area contributed by atoms with E-state index >= 15 is 0 Å². The molecule has 2 N–H and O–H groups in total. The summed E-state index contributed by atoms with van der Waals surface area (Å²) in [5.74, 6) is 0. The summed E-state index contributed by atoms with van der Waals surface area (Å²) in [5.41, 5.74) is 7.50. The number of halogens is 1. The molecule has 70 valence electrons. The largest absolute Gasteiger partial charge is 0.327 e. The van der Waals surface area contributed by atoms with Crippen LogP contribution in [0.3, 0.4) is 0 Å². The Hall–Kier alpha value is -0.530. The lowest BCUT2D eigenvalue weighted by atomic mass is 9.90. The summed E-state index contributed by atoms with van der Waals surface area (Å²) in [4.78, 5) is 0. The average molecular weight is 196 g/mol. The van der Waals surface area contributed by atoms with Crippen molar-refractivity contribution in [3.63, 3.8) is 0 Å². The molecule has 1 atom stereocenters. The molecule has 0 spiro atoms. The summed E-state index contributed by atoms with van der Waals surface area (Å²) in [6.07, 6.45) is 2.40. The van der Waals surface area contributed by atoms with Gasteiger partial charge in [-0.3, -0.25) is 0 Å². The maximum atomic E-state index is 5.97. The van der Waals surface area contributed by atoms with Gasteiger partial charge < -0.3 is 5.73 Å². The maximum absolute atomic E-state index is 5.97. The Morgan fingerprint density at radius 3 is 2.62 bits per heavy atom. The summed E-state index contributed by atoms with van der Waals surface area (Å²) in [6.45, 7) is 2.08. The SMILES string of the molecule is CC(N)C1(c2cccc(Cl)c2)CC1. The molecule has 2 rings (SSSR count). The van der Waals surface area contributed by atoms with Gasteiger partial charge in [0.25, 0.3) is 0 Å². The van der Waals surface area contributed by atoms with Crippen molar-refractivity contribution in [2.45, 2.75) is 31.2 Å². The Morgan fingerprint density at radius 2 is 2.15 bits per heavy atom. The molecule has 1 aromatic carbocycles. The lowest BCUT2D eigenvalue weighted by Crippen LogP contribution is -2.31. The zero-order chi connectivity index (χ0) is 9.47. The molecular weight excluding hydrogens is 182 g/mol. The first-order valence-electron chi connectivity index (χ1n) is 4.67. The van der Waals surface area contributed by atoms with Crippen molar-refractivity contribution in [1.82, 2.24) is 0 Å². The van der Waals surface area contributed by atoms with E-state index in [4.69, 9.17) is 17.3 Å². The highest BCUT2D eigenvalue weighted by atomic mass is 35.5. The quantitative estimate of drug-likeness (QED) is 0.772. The summed E-state index contributed by atoms with van der Waals surface area (Å²) in [6, 6.07) is 8.30. The van der Waals surface area contributed by atoms with Crippen LogP contribution in [-0.2, 0) is 5.41 Å². The second-order valence-corrected chi connectivity index (χ2v) is 4.39. The first-order valence-corrected chi connectivity index (χ1v) is 5.04. The number of benzene rings is 1. The first kappa shape index (κ1) is 9.04. The van der Waals surface area contributed by atoms with E-state index < -0.39 is 0 Å². The summed E-state index contributed by atoms with van der Waals surface area (Å²) in [5, 5.41) is 0.810. The molecule has 13 heavy (non-hydrogen) atoms. The molecule has 1 aliphatic carbocycles. The highest BCUT2D eigenvalue weighted by Gasteiger charge is 2.47. The van der Waals surface area contributed by atoms with Gasteiger partial charge in [-0.2, -0.15) is 0 Å². The smallest absolute Gasteiger partial charge is 0.0408 e. The van der Waals surface area contributed by atoms with Gasteiger partial charge in [-0.15, -0.1) is 0 Å². The van der Waals surface area contributed by atoms with Crippen molar-refractivity contribution >= 4 is 11.6 Å². The van der Waals surface area contributed by atoms with Gasteiger partial charge in [0.1, 0.15) is 0 Å². The van der Waals surface area contributed by atoms with Crippen molar-refractivity contribution in [3.05, 3.63) is 34.9 Å². The van der Waals surface area contributed by atoms with Gasteiger partial charge in [-0.1, -0.05) is 23.7 Å². The molecule has 0 radical (unpaired) electrons. The zero-order valence-electron chi connectivity index (χ0n) is 7.76. The Morgan fingerprint density at radius 1 is 1.46 bits per heavy atom. The lowest BCUT2D eigenvalue weighted by molar-refractivity contribution is 0.557. The minimum absolute atomic E-state index is 0.227. The normalized spacial score (nSPS) is 21.2. The van der Waals surface area contributed by atoms with E-state index in [9.17, 15) is 0 Å². The van der Waals surface area contributed by atoms with Crippen LogP contribution in [0.1, 0.15) is 25.3 Å². The van der Waals surface area contributed by atoms with Gasteiger partial charge >= 0.3 is 0 Å². The molecule has 1 saturated carbocycles. The first-order chi connectivity index (χ1) is 6.15. The van der Waals surface area contributed by atoms with Crippen LogP contribution in [0.4, 0.5) is 0 Å². The van der Waals surface area contributed by atoms with E-state index in [1.54, 1.807) is 0 Å². The molecule has 1 unspecified atom stereocenters. The van der Waals surface area contributed by atoms with Crippen LogP contribution < -0.4 is 5.73 Å². The van der Waals surface area contributed by atoms with Crippen LogP contribution in [0.15, 0.2) is 24.3 Å². The summed E-state index contributed by atoms with van der Waals surface area (Å²) >= 11 is 5.94. The van der Waals surface area contributed by atoms with E-state index in [1.165, 1.54) is 18.4 Å². The van der Waals surface area contributed by atoms with Gasteiger partial charge in [-0.05, 0) is 37.5 Å². The van der Waals surface area contributed by atoms with E-state index in [1.807, 2.05) is 18.2 Å². The molecule has 0 bridgehead atoms. The lowest BCUT2D eigenvalue weighted by Gasteiger charge is -2.20. The minimum atomic E-state index is 0.227. The molecule has 1 fully saturated rings. The van der Waals surface area contributed by atoms with Crippen molar-refractivity contribution in [3.8, 4) is 0 Å². The predicted molar refractivity (Wildman–Crippen MR) is 56.0 cm³/mol. The Balaban J connectivity index is 2.35. The molecule has 1 aliphatic rings. The van der Waals surface area contributed by atoms with E-state index in [0.29, 0.717) is 0 Å². The third-order valence-corrected chi connectivity index (χ3v) is 3.29. The standard InChI is InChI=1S/C11H14ClN/c1-8(13)11(5-6-11)9-3-2-4-10(12)7-9/h2-4,7-8H,5-6,13H2,1H3. The number of hydrogen-bond acceptors (Lipinski definition) is 1. The Kier molecular flexibility index (Phi) is 2.09. The fourth-order valence-electron chi connectivity index (χ4n) is 1.94. The summed E-state index contributed by atoms with van der Waals surface area (Å²) in [7, 11) is 0. The van der Waals surface area contributed by atoms with E-state index in [-0.39, 0.29) is 11.5 Å². The molecule has 0 aromatic heterocycles. The van der Waals surface area contributed by atoms with Crippen LogP contribution in [-0.4, -0.2) is 6.04 Å². The van der Waals surface area contributed by atoms with E-state index in [0.717, 1.165) is 5.02 Å². The van der Waals surface area contributed by atoms with Crippen molar-refractivity contribution in [2.24, 2.45) is 5.73 Å². The number of hydrogen-bond donors (Lipinski definition) is 1. The molecule has 1 nitrogen and oxygen atoms in total. The summed E-state index contributed by atoms with van der Waals surface area (Å²) < 4.78 is 0. The molecule has 1 aromatic rings. The van der Waals surface area contributed by atoms with Crippen molar-refractivity contribution in [2.75, 3.05) is 0 Å². The predicted octanol–water partition coefficient (Wildman–Crippen LogP) is 2.72. The fraction of sp³-hybridized carbons (Fsp3) is 0.455. The second-order valence-electron chi connectivity index (χ2n) is 3.96. The maximum Gasteiger partial charge on any atom is 0.0408 e. The molecule has 0 amide bonds. The Bertz CT molecular complexity index is 316. The van der Waals surface area contributed by atoms with Crippen LogP contribution in [0.5, 0.6) is 0 Å². The average Bonchev–Trinajstić information content (AvgIpc) is 2.83. The van der Waals surface area contributed by atoms with Gasteiger partial charge in [0, 0.05) is 16.5 Å². The topological polar surface area (TPSA) is 26.0 Å². The Labute approximate surface area is 83.9 Å². The minimum Gasteiger partial charge on any atom is -0.327 e. The zero-order valence-corrected chi connectivity index (χ0v) is 8.51. The van der Waals surface area contributed by atoms with E-state index in [2.05, 4.69) is 13.0 Å². The molecule has 0 aliphatic heterocycles. The van der Waals surface area contributed by atoms with Crippen molar-refractivity contribution in [1.29, 1.82) is 0 Å². The second kappa shape index (κ2) is 3.00. The monoisotopic (exact) mass is 195 g/mol. The van der Waals surface area contributed by atoms with Crippen LogP contribution in [0.2, 0.25) is 5.02 Å². The van der Waals surface area contributed by atoms with Crippen LogP contribution in [0.25, 0.3) is 0 Å². The van der Waals surface area contributed by atoms with Gasteiger partial charge in [-0.25, -0.2) is 0 Å². The number of nitrogens with two attached hydrogens (primary N) is 1. The highest BCUT2D eigenvalue weighted by Crippen LogP contribution is 2.50. The number of rotatable bonds is 2. The van der Waals surface area contributed by atoms with Crippen LogP contribution >= 0.6 is 11.6 Å². The molecule has 0 saturated heterocycles. The highest BCUT2D eigenvalue weighted by molar-refractivity contribution is 6.30. The van der Waals surface area contributed by atoms with Gasteiger partial charge in [0.05, 0.1) is 0 Å². The molecular formula is C11H14ClN. The third kappa shape index (κ3) is 1.47. The fourth-order valence-corrected chi connectivity index (χ4v) is 2.13. The third-order valence-electron chi connectivity index (χ3n) is 3.06. The molecule has 0 heterocycles. The molecule has 2 heteroatoms.